The number of amides is 2. The van der Waals surface area contributed by atoms with E-state index in [2.05, 4.69) is 68.7 Å². The van der Waals surface area contributed by atoms with Gasteiger partial charge in [-0.05, 0) is 103 Å². The van der Waals surface area contributed by atoms with Gasteiger partial charge in [0.1, 0.15) is 22.9 Å². The summed E-state index contributed by atoms with van der Waals surface area (Å²) < 4.78 is 7.47. The Hall–Kier alpha value is -2.72. The molecule has 0 aliphatic rings. The molecule has 0 saturated carbocycles. The third-order valence-corrected chi connectivity index (χ3v) is 7.24. The van der Waals surface area contributed by atoms with Gasteiger partial charge in [-0.25, -0.2) is 0 Å². The van der Waals surface area contributed by atoms with E-state index in [1.165, 1.54) is 6.07 Å². The van der Waals surface area contributed by atoms with E-state index in [1.807, 2.05) is 0 Å². The number of ether oxygens (including phenoxy) is 1. The molecule has 40 heavy (non-hydrogen) atoms. The Morgan fingerprint density at radius 2 is 1.50 bits per heavy atom. The molecule has 1 unspecified atom stereocenters. The average molecular weight is 752 g/mol. The van der Waals surface area contributed by atoms with Crippen LogP contribution in [0, 0.1) is 0 Å². The number of aromatic hydroxyl groups is 1. The number of hydrogen-bond acceptors (Lipinski definition) is 10. The second-order valence-electron chi connectivity index (χ2n) is 8.52. The van der Waals surface area contributed by atoms with Crippen LogP contribution in [-0.4, -0.2) is 76.2 Å². The summed E-state index contributed by atoms with van der Waals surface area (Å²) >= 11 is 10.1. The van der Waals surface area contributed by atoms with Gasteiger partial charge in [-0.15, -0.1) is 0 Å². The first-order chi connectivity index (χ1) is 19.1. The SMILES string of the molecule is NCCC(O)CNC(=O)/C(Cc1cc(Br)c(OCCCNC(=O)/C(Cc2ccc(O)c(Br)c2)=N/O)c(Br)c1)=N/O. The monoisotopic (exact) mass is 749 g/mol. The largest absolute Gasteiger partial charge is 0.507 e. The first-order valence-corrected chi connectivity index (χ1v) is 14.4. The first-order valence-electron chi connectivity index (χ1n) is 12.0. The van der Waals surface area contributed by atoms with Gasteiger partial charge in [-0.1, -0.05) is 16.4 Å². The number of halogens is 3. The summed E-state index contributed by atoms with van der Waals surface area (Å²) in [5.74, 6) is -0.579. The van der Waals surface area contributed by atoms with Crippen LogP contribution in [0.15, 0.2) is 54.1 Å². The highest BCUT2D eigenvalue weighted by Crippen LogP contribution is 2.35. The lowest BCUT2D eigenvalue weighted by Crippen LogP contribution is -2.38. The van der Waals surface area contributed by atoms with Crippen molar-refractivity contribution < 1.29 is 35.0 Å². The zero-order chi connectivity index (χ0) is 29.7. The van der Waals surface area contributed by atoms with E-state index < -0.39 is 17.9 Å². The summed E-state index contributed by atoms with van der Waals surface area (Å²) in [6, 6.07) is 8.16. The van der Waals surface area contributed by atoms with Gasteiger partial charge >= 0.3 is 0 Å². The average Bonchev–Trinajstić information content (AvgIpc) is 2.92. The number of aliphatic hydroxyl groups is 1. The lowest BCUT2D eigenvalue weighted by Gasteiger charge is -2.14. The fraction of sp³-hybridized carbons (Fsp3) is 0.360. The lowest BCUT2D eigenvalue weighted by atomic mass is 10.1. The van der Waals surface area contributed by atoms with E-state index in [9.17, 15) is 30.2 Å². The summed E-state index contributed by atoms with van der Waals surface area (Å²) in [5.41, 5.74) is 6.49. The molecule has 12 nitrogen and oxygen atoms in total. The molecule has 0 heterocycles. The number of nitrogens with two attached hydrogens (primary N) is 1. The van der Waals surface area contributed by atoms with Crippen molar-refractivity contribution in [3.05, 3.63) is 54.9 Å². The van der Waals surface area contributed by atoms with Gasteiger partial charge in [-0.3, -0.25) is 9.59 Å². The van der Waals surface area contributed by atoms with Crippen molar-refractivity contribution in [3.63, 3.8) is 0 Å². The molecule has 0 aromatic heterocycles. The third-order valence-electron chi connectivity index (χ3n) is 5.43. The van der Waals surface area contributed by atoms with Gasteiger partial charge in [0, 0.05) is 25.9 Å². The zero-order valence-electron chi connectivity index (χ0n) is 21.2. The lowest BCUT2D eigenvalue weighted by molar-refractivity contribution is -0.116. The summed E-state index contributed by atoms with van der Waals surface area (Å²) in [6.07, 6.45) is 0.0867. The van der Waals surface area contributed by atoms with Crippen LogP contribution in [0.25, 0.3) is 0 Å². The molecule has 2 aromatic carbocycles. The molecule has 0 aliphatic heterocycles. The molecular weight excluding hydrogens is 722 g/mol. The second-order valence-corrected chi connectivity index (χ2v) is 11.1. The first kappa shape index (κ1) is 33.5. The van der Waals surface area contributed by atoms with Gasteiger partial charge < -0.3 is 41.7 Å². The molecule has 0 aliphatic carbocycles. The van der Waals surface area contributed by atoms with Gasteiger partial charge in [0.25, 0.3) is 11.8 Å². The highest BCUT2D eigenvalue weighted by atomic mass is 79.9. The molecular formula is C25H30Br3N5O7. The quantitative estimate of drug-likeness (QED) is 0.0624. The molecule has 0 saturated heterocycles. The Labute approximate surface area is 256 Å². The fourth-order valence-corrected chi connectivity index (χ4v) is 5.32. The molecule has 8 N–H and O–H groups in total. The van der Waals surface area contributed by atoms with Crippen LogP contribution in [-0.2, 0) is 22.4 Å². The second kappa shape index (κ2) is 17.2. The minimum atomic E-state index is -0.792. The van der Waals surface area contributed by atoms with Crippen molar-refractivity contribution in [1.29, 1.82) is 0 Å². The standard InChI is InChI=1S/C25H30Br3N5O7/c26-17-8-14(2-3-22(17)35)11-20(32-38)24(36)30-6-1-7-40-23-18(27)9-15(10-19(23)28)12-21(33-39)25(37)31-13-16(34)4-5-29/h2-3,8-10,16,34-35,38-39H,1,4-7,11-13,29H2,(H,30,36)(H,31,37)/b32-20+,33-21+. The topological polar surface area (TPSA) is 199 Å². The van der Waals surface area contributed by atoms with Crippen molar-refractivity contribution in [2.24, 2.45) is 16.0 Å². The fourth-order valence-electron chi connectivity index (χ4n) is 3.38. The molecule has 0 radical (unpaired) electrons. The summed E-state index contributed by atoms with van der Waals surface area (Å²) in [5, 5.41) is 49.2. The molecule has 1 atom stereocenters. The van der Waals surface area contributed by atoms with Crippen molar-refractivity contribution in [3.8, 4) is 11.5 Å². The van der Waals surface area contributed by atoms with E-state index >= 15 is 0 Å². The van der Waals surface area contributed by atoms with Crippen LogP contribution in [0.3, 0.4) is 0 Å². The number of carbonyl (C=O) groups excluding carboxylic acids is 2. The Morgan fingerprint density at radius 1 is 0.925 bits per heavy atom. The van der Waals surface area contributed by atoms with Gasteiger partial charge in [-0.2, -0.15) is 0 Å². The van der Waals surface area contributed by atoms with Gasteiger partial charge in [0.05, 0.1) is 26.1 Å². The van der Waals surface area contributed by atoms with E-state index in [0.717, 1.165) is 0 Å². The maximum atomic E-state index is 12.4. The molecule has 2 amide bonds. The Balaban J connectivity index is 1.85. The number of carbonyl (C=O) groups is 2. The molecule has 0 spiro atoms. The van der Waals surface area contributed by atoms with E-state index in [0.29, 0.717) is 43.1 Å². The maximum Gasteiger partial charge on any atom is 0.269 e. The number of nitrogens with zero attached hydrogens (tertiary/aromatic N) is 2. The van der Waals surface area contributed by atoms with E-state index in [-0.39, 0.29) is 56.3 Å². The van der Waals surface area contributed by atoms with Crippen LogP contribution in [0.4, 0.5) is 0 Å². The summed E-state index contributed by atoms with van der Waals surface area (Å²) in [6.45, 7) is 0.781. The van der Waals surface area contributed by atoms with E-state index in [1.54, 1.807) is 24.3 Å². The highest BCUT2D eigenvalue weighted by Gasteiger charge is 2.18. The number of nitrogens with one attached hydrogen (secondary N) is 2. The molecule has 2 rings (SSSR count). The minimum Gasteiger partial charge on any atom is -0.507 e. The Kier molecular flexibility index (Phi) is 14.4. The van der Waals surface area contributed by atoms with Crippen LogP contribution in [0.1, 0.15) is 24.0 Å². The number of phenolic OH excluding ortho intramolecular Hbond substituents is 1. The third kappa shape index (κ3) is 10.7. The molecule has 2 aromatic rings. The van der Waals surface area contributed by atoms with Crippen LogP contribution < -0.4 is 21.1 Å². The zero-order valence-corrected chi connectivity index (χ0v) is 26.0. The van der Waals surface area contributed by atoms with Crippen LogP contribution >= 0.6 is 47.8 Å². The van der Waals surface area contributed by atoms with Crippen molar-refractivity contribution in [2.45, 2.75) is 31.8 Å². The van der Waals surface area contributed by atoms with Crippen molar-refractivity contribution in [2.75, 3.05) is 26.2 Å². The molecule has 15 heteroatoms. The molecule has 0 fully saturated rings. The summed E-state index contributed by atoms with van der Waals surface area (Å²) in [4.78, 5) is 24.7. The molecule has 0 bridgehead atoms. The predicted molar refractivity (Wildman–Crippen MR) is 159 cm³/mol. The smallest absolute Gasteiger partial charge is 0.269 e. The van der Waals surface area contributed by atoms with Crippen LogP contribution in [0.2, 0.25) is 0 Å². The minimum absolute atomic E-state index is 0.0137. The number of phenols is 1. The van der Waals surface area contributed by atoms with Crippen LogP contribution in [0.5, 0.6) is 11.5 Å². The number of rotatable bonds is 15. The maximum absolute atomic E-state index is 12.4. The number of oxime groups is 2. The number of benzene rings is 2. The number of hydrogen-bond donors (Lipinski definition) is 7. The number of aliphatic hydroxyl groups excluding tert-OH is 1. The van der Waals surface area contributed by atoms with Crippen molar-refractivity contribution in [1.82, 2.24) is 10.6 Å². The highest BCUT2D eigenvalue weighted by molar-refractivity contribution is 9.11. The van der Waals surface area contributed by atoms with Crippen molar-refractivity contribution >= 4 is 71.0 Å². The Bertz CT molecular complexity index is 1220. The molecule has 218 valence electrons. The van der Waals surface area contributed by atoms with E-state index in [4.69, 9.17) is 10.5 Å². The van der Waals surface area contributed by atoms with Gasteiger partial charge in [0.15, 0.2) is 0 Å². The van der Waals surface area contributed by atoms with Gasteiger partial charge in [0.2, 0.25) is 0 Å². The normalized spacial score (nSPS) is 12.6. The summed E-state index contributed by atoms with van der Waals surface area (Å²) in [7, 11) is 0. The Morgan fingerprint density at radius 3 is 2.08 bits per heavy atom. The predicted octanol–water partition coefficient (Wildman–Crippen LogP) is 2.84.